The Hall–Kier alpha value is -1.81. The van der Waals surface area contributed by atoms with Gasteiger partial charge >= 0.3 is 0 Å². The topological polar surface area (TPSA) is 49.8 Å². The maximum absolute atomic E-state index is 12.1. The van der Waals surface area contributed by atoms with Crippen LogP contribution in [0.3, 0.4) is 0 Å². The fraction of sp³-hybridized carbons (Fsp3) is 0.438. The number of carbonyl (C=O) groups is 1. The summed E-state index contributed by atoms with van der Waals surface area (Å²) in [4.78, 5) is 13.8. The lowest BCUT2D eigenvalue weighted by Crippen LogP contribution is -2.45. The summed E-state index contributed by atoms with van der Waals surface area (Å²) in [7, 11) is 1.61. The molecule has 4 nitrogen and oxygen atoms in total. The Morgan fingerprint density at radius 3 is 2.90 bits per heavy atom. The number of piperidine rings is 1. The molecule has 1 saturated heterocycles. The molecule has 1 aliphatic rings. The van der Waals surface area contributed by atoms with Crippen LogP contribution in [0.1, 0.15) is 18.9 Å². The van der Waals surface area contributed by atoms with Crippen molar-refractivity contribution in [2.75, 3.05) is 20.2 Å². The predicted molar refractivity (Wildman–Crippen MR) is 78.4 cm³/mol. The molecule has 1 N–H and O–H groups in total. The van der Waals surface area contributed by atoms with Gasteiger partial charge in [-0.1, -0.05) is 25.1 Å². The van der Waals surface area contributed by atoms with Gasteiger partial charge in [-0.25, -0.2) is 0 Å². The van der Waals surface area contributed by atoms with Crippen molar-refractivity contribution in [3.8, 4) is 5.75 Å². The monoisotopic (exact) mass is 275 g/mol. The molecule has 1 amide bonds. The number of ether oxygens (including phenoxy) is 1. The lowest BCUT2D eigenvalue weighted by atomic mass is 9.96. The molecule has 0 saturated carbocycles. The lowest BCUT2D eigenvalue weighted by Gasteiger charge is -2.33. The van der Waals surface area contributed by atoms with Crippen LogP contribution in [0, 0.1) is 5.92 Å². The van der Waals surface area contributed by atoms with Crippen LogP contribution in [0.25, 0.3) is 6.08 Å². The molecule has 1 heterocycles. The molecular weight excluding hydrogens is 254 g/mol. The Bertz CT molecular complexity index is 498. The van der Waals surface area contributed by atoms with Gasteiger partial charge in [0.05, 0.1) is 13.2 Å². The number of nitrogens with zero attached hydrogens (tertiary/aromatic N) is 1. The van der Waals surface area contributed by atoms with Crippen molar-refractivity contribution >= 4 is 12.0 Å². The maximum atomic E-state index is 12.1. The Balaban J connectivity index is 2.02. The molecule has 0 spiro atoms. The van der Waals surface area contributed by atoms with Gasteiger partial charge in [-0.3, -0.25) is 4.79 Å². The molecule has 20 heavy (non-hydrogen) atoms. The summed E-state index contributed by atoms with van der Waals surface area (Å²) in [6.45, 7) is 3.13. The quantitative estimate of drug-likeness (QED) is 0.858. The maximum Gasteiger partial charge on any atom is 0.246 e. The van der Waals surface area contributed by atoms with Gasteiger partial charge < -0.3 is 14.7 Å². The smallest absolute Gasteiger partial charge is 0.246 e. The molecule has 0 aliphatic carbocycles. The summed E-state index contributed by atoms with van der Waals surface area (Å²) in [5.41, 5.74) is 0.870. The summed E-state index contributed by atoms with van der Waals surface area (Å²) in [5.74, 6) is 0.933. The Kier molecular flexibility index (Phi) is 4.79. The van der Waals surface area contributed by atoms with E-state index in [1.54, 1.807) is 24.2 Å². The number of para-hydroxylation sites is 1. The number of aliphatic hydroxyl groups excluding tert-OH is 1. The van der Waals surface area contributed by atoms with Crippen LogP contribution < -0.4 is 4.74 Å². The first-order valence-electron chi connectivity index (χ1n) is 6.90. The summed E-state index contributed by atoms with van der Waals surface area (Å²) in [5, 5.41) is 9.83. The van der Waals surface area contributed by atoms with E-state index in [-0.39, 0.29) is 11.8 Å². The van der Waals surface area contributed by atoms with Crippen LogP contribution in [-0.4, -0.2) is 42.2 Å². The fourth-order valence-electron chi connectivity index (χ4n) is 2.32. The van der Waals surface area contributed by atoms with E-state index in [0.29, 0.717) is 13.1 Å². The normalized spacial score (nSPS) is 23.1. The van der Waals surface area contributed by atoms with Crippen molar-refractivity contribution in [3.63, 3.8) is 0 Å². The van der Waals surface area contributed by atoms with Crippen molar-refractivity contribution in [2.45, 2.75) is 19.4 Å². The van der Waals surface area contributed by atoms with Crippen LogP contribution in [-0.2, 0) is 4.79 Å². The van der Waals surface area contributed by atoms with Crippen LogP contribution >= 0.6 is 0 Å². The Labute approximate surface area is 119 Å². The highest BCUT2D eigenvalue weighted by atomic mass is 16.5. The van der Waals surface area contributed by atoms with E-state index in [1.165, 1.54) is 0 Å². The number of hydrogen-bond donors (Lipinski definition) is 1. The first kappa shape index (κ1) is 14.6. The number of amides is 1. The Morgan fingerprint density at radius 2 is 2.20 bits per heavy atom. The van der Waals surface area contributed by atoms with Gasteiger partial charge in [-0.2, -0.15) is 0 Å². The highest BCUT2D eigenvalue weighted by molar-refractivity contribution is 5.92. The number of carbonyl (C=O) groups excluding carboxylic acids is 1. The van der Waals surface area contributed by atoms with E-state index in [9.17, 15) is 9.90 Å². The molecule has 1 aromatic carbocycles. The van der Waals surface area contributed by atoms with Crippen molar-refractivity contribution in [1.29, 1.82) is 0 Å². The van der Waals surface area contributed by atoms with Gasteiger partial charge in [0.2, 0.25) is 5.91 Å². The van der Waals surface area contributed by atoms with Crippen molar-refractivity contribution in [1.82, 2.24) is 4.90 Å². The molecule has 1 fully saturated rings. The minimum Gasteiger partial charge on any atom is -0.496 e. The number of aliphatic hydroxyl groups is 1. The number of hydrogen-bond acceptors (Lipinski definition) is 3. The van der Waals surface area contributed by atoms with Gasteiger partial charge in [-0.05, 0) is 24.5 Å². The molecule has 0 radical (unpaired) electrons. The summed E-state index contributed by atoms with van der Waals surface area (Å²) in [6.07, 6.45) is 3.72. The zero-order valence-corrected chi connectivity index (χ0v) is 12.0. The number of β-amino-alcohol motifs (C(OH)–C–C–N with tert-alkyl or cyclic N) is 1. The van der Waals surface area contributed by atoms with Crippen molar-refractivity contribution in [3.05, 3.63) is 35.9 Å². The number of methoxy groups -OCH3 is 1. The number of benzene rings is 1. The SMILES string of the molecule is COc1ccccc1/C=C/C(=O)N1CCC(C)C(O)C1. The number of likely N-dealkylation sites (tertiary alicyclic amines) is 1. The third kappa shape index (κ3) is 3.39. The van der Waals surface area contributed by atoms with Gasteiger partial charge in [0.15, 0.2) is 0 Å². The predicted octanol–water partition coefficient (Wildman–Crippen LogP) is 1.94. The molecule has 0 aromatic heterocycles. The minimum absolute atomic E-state index is 0.0677. The van der Waals surface area contributed by atoms with Crippen LogP contribution in [0.5, 0.6) is 5.75 Å². The molecule has 108 valence electrons. The van der Waals surface area contributed by atoms with E-state index < -0.39 is 6.10 Å². The van der Waals surface area contributed by atoms with Crippen molar-refractivity contribution in [2.24, 2.45) is 5.92 Å². The second kappa shape index (κ2) is 6.57. The minimum atomic E-state index is -0.424. The fourth-order valence-corrected chi connectivity index (χ4v) is 2.32. The largest absolute Gasteiger partial charge is 0.496 e. The first-order valence-corrected chi connectivity index (χ1v) is 6.90. The molecule has 2 rings (SSSR count). The molecule has 2 atom stereocenters. The highest BCUT2D eigenvalue weighted by Gasteiger charge is 2.26. The highest BCUT2D eigenvalue weighted by Crippen LogP contribution is 2.20. The van der Waals surface area contributed by atoms with Gasteiger partial charge in [-0.15, -0.1) is 0 Å². The van der Waals surface area contributed by atoms with Crippen LogP contribution in [0.2, 0.25) is 0 Å². The van der Waals surface area contributed by atoms with Gasteiger partial charge in [0.25, 0.3) is 0 Å². The van der Waals surface area contributed by atoms with Gasteiger partial charge in [0, 0.05) is 24.7 Å². The average molecular weight is 275 g/mol. The molecule has 0 bridgehead atoms. The third-order valence-corrected chi connectivity index (χ3v) is 3.77. The second-order valence-electron chi connectivity index (χ2n) is 5.19. The first-order chi connectivity index (χ1) is 9.61. The summed E-state index contributed by atoms with van der Waals surface area (Å²) >= 11 is 0. The molecule has 4 heteroatoms. The van der Waals surface area contributed by atoms with Crippen LogP contribution in [0.4, 0.5) is 0 Å². The second-order valence-corrected chi connectivity index (χ2v) is 5.19. The summed E-state index contributed by atoms with van der Waals surface area (Å²) in [6, 6.07) is 7.55. The van der Waals surface area contributed by atoms with Crippen molar-refractivity contribution < 1.29 is 14.6 Å². The van der Waals surface area contributed by atoms with Gasteiger partial charge in [0.1, 0.15) is 5.75 Å². The summed E-state index contributed by atoms with van der Waals surface area (Å²) < 4.78 is 5.24. The zero-order valence-electron chi connectivity index (χ0n) is 12.0. The standard InChI is InChI=1S/C16H21NO3/c1-12-9-10-17(11-14(12)18)16(19)8-7-13-5-3-4-6-15(13)20-2/h3-8,12,14,18H,9-11H2,1-2H3/b8-7+. The third-order valence-electron chi connectivity index (χ3n) is 3.77. The molecular formula is C16H21NO3. The van der Waals surface area contributed by atoms with E-state index in [1.807, 2.05) is 31.2 Å². The van der Waals surface area contributed by atoms with E-state index in [2.05, 4.69) is 0 Å². The van der Waals surface area contributed by atoms with Crippen LogP contribution in [0.15, 0.2) is 30.3 Å². The molecule has 2 unspecified atom stereocenters. The average Bonchev–Trinajstić information content (AvgIpc) is 2.47. The van der Waals surface area contributed by atoms with E-state index in [0.717, 1.165) is 17.7 Å². The van der Waals surface area contributed by atoms with E-state index >= 15 is 0 Å². The zero-order chi connectivity index (χ0) is 14.5. The lowest BCUT2D eigenvalue weighted by molar-refractivity contribution is -0.130. The Morgan fingerprint density at radius 1 is 1.45 bits per heavy atom. The molecule has 1 aromatic rings. The van der Waals surface area contributed by atoms with E-state index in [4.69, 9.17) is 4.74 Å². The number of rotatable bonds is 3. The molecule has 1 aliphatic heterocycles.